The maximum absolute atomic E-state index is 11.8. The number of hydrogen-bond donors (Lipinski definition) is 3. The van der Waals surface area contributed by atoms with Gasteiger partial charge in [0, 0.05) is 19.7 Å². The molecule has 0 aliphatic heterocycles. The number of anilines is 1. The molecule has 0 aliphatic rings. The van der Waals surface area contributed by atoms with Gasteiger partial charge in [0.15, 0.2) is 5.82 Å². The van der Waals surface area contributed by atoms with Crippen molar-refractivity contribution in [2.75, 3.05) is 18.3 Å². The molecule has 3 N–H and O–H groups in total. The lowest BCUT2D eigenvalue weighted by Crippen LogP contribution is -2.33. The predicted octanol–water partition coefficient (Wildman–Crippen LogP) is 0.496. The molecular weight excluding hydrogens is 260 g/mol. The first-order valence-corrected chi connectivity index (χ1v) is 6.83. The Kier molecular flexibility index (Phi) is 4.68. The van der Waals surface area contributed by atoms with E-state index in [-0.39, 0.29) is 11.5 Å². The Labute approximate surface area is 105 Å². The van der Waals surface area contributed by atoms with Gasteiger partial charge in [0.1, 0.15) is 5.69 Å². The lowest BCUT2D eigenvalue weighted by Gasteiger charge is -2.16. The molecular formula is C9H16N4O4S. The molecule has 0 bridgehead atoms. The first-order chi connectivity index (χ1) is 8.36. The van der Waals surface area contributed by atoms with E-state index in [0.29, 0.717) is 6.54 Å². The molecule has 9 heteroatoms. The van der Waals surface area contributed by atoms with Crippen molar-refractivity contribution in [3.05, 3.63) is 11.8 Å². The minimum absolute atomic E-state index is 0.0456. The van der Waals surface area contributed by atoms with Gasteiger partial charge in [-0.25, -0.2) is 4.79 Å². The van der Waals surface area contributed by atoms with Crippen LogP contribution in [0.3, 0.4) is 0 Å². The standard InChI is InChI=1S/C9H16N4O4S/c1-3-4-5-13(2)18(16,17)12-8-6-7(9(14)15)10-11-8/h6H,3-5H2,1-2H3,(H,14,15)(H2,10,11,12). The van der Waals surface area contributed by atoms with E-state index < -0.39 is 16.2 Å². The van der Waals surface area contributed by atoms with Gasteiger partial charge >= 0.3 is 16.2 Å². The normalized spacial score (nSPS) is 11.7. The quantitative estimate of drug-likeness (QED) is 0.670. The van der Waals surface area contributed by atoms with E-state index in [4.69, 9.17) is 5.11 Å². The number of nitrogens with one attached hydrogen (secondary N) is 2. The maximum Gasteiger partial charge on any atom is 0.353 e. The molecule has 1 aromatic rings. The molecule has 1 rings (SSSR count). The number of carboxylic acid groups (broad SMARTS) is 1. The van der Waals surface area contributed by atoms with Gasteiger partial charge in [0.25, 0.3) is 0 Å². The topological polar surface area (TPSA) is 115 Å². The van der Waals surface area contributed by atoms with E-state index in [1.165, 1.54) is 7.05 Å². The highest BCUT2D eigenvalue weighted by Gasteiger charge is 2.19. The molecule has 0 atom stereocenters. The third kappa shape index (κ3) is 3.70. The van der Waals surface area contributed by atoms with E-state index in [9.17, 15) is 13.2 Å². The third-order valence-corrected chi connectivity index (χ3v) is 3.75. The van der Waals surface area contributed by atoms with Crippen molar-refractivity contribution in [1.29, 1.82) is 0 Å². The number of carbonyl (C=O) groups is 1. The summed E-state index contributed by atoms with van der Waals surface area (Å²) in [5.41, 5.74) is -0.177. The maximum atomic E-state index is 11.8. The summed E-state index contributed by atoms with van der Waals surface area (Å²) in [6.07, 6.45) is 1.63. The number of H-pyrrole nitrogens is 1. The Bertz CT molecular complexity index is 510. The van der Waals surface area contributed by atoms with Gasteiger partial charge in [0.05, 0.1) is 0 Å². The van der Waals surface area contributed by atoms with Gasteiger partial charge in [-0.05, 0) is 6.42 Å². The lowest BCUT2D eigenvalue weighted by molar-refractivity contribution is 0.0690. The summed E-state index contributed by atoms with van der Waals surface area (Å²) in [4.78, 5) is 10.6. The molecule has 18 heavy (non-hydrogen) atoms. The number of unbranched alkanes of at least 4 members (excludes halogenated alkanes) is 1. The van der Waals surface area contributed by atoms with Crippen molar-refractivity contribution in [1.82, 2.24) is 14.5 Å². The van der Waals surface area contributed by atoms with Gasteiger partial charge in [-0.1, -0.05) is 13.3 Å². The molecule has 1 aromatic heterocycles. The summed E-state index contributed by atoms with van der Waals surface area (Å²) in [6.45, 7) is 2.35. The fourth-order valence-electron chi connectivity index (χ4n) is 1.19. The molecule has 8 nitrogen and oxygen atoms in total. The summed E-state index contributed by atoms with van der Waals surface area (Å²) in [5.74, 6) is -1.25. The summed E-state index contributed by atoms with van der Waals surface area (Å²) in [5, 5.41) is 14.4. The Balaban J connectivity index is 2.72. The van der Waals surface area contributed by atoms with Crippen LogP contribution in [0.1, 0.15) is 30.3 Å². The van der Waals surface area contributed by atoms with E-state index in [0.717, 1.165) is 23.2 Å². The van der Waals surface area contributed by atoms with Crippen molar-refractivity contribution < 1.29 is 18.3 Å². The molecule has 0 saturated heterocycles. The van der Waals surface area contributed by atoms with Crippen LogP contribution in [0.15, 0.2) is 6.07 Å². The first kappa shape index (κ1) is 14.5. The summed E-state index contributed by atoms with van der Waals surface area (Å²) in [6, 6.07) is 1.12. The first-order valence-electron chi connectivity index (χ1n) is 5.39. The number of aromatic nitrogens is 2. The minimum Gasteiger partial charge on any atom is -0.477 e. The van der Waals surface area contributed by atoms with Gasteiger partial charge in [-0.3, -0.25) is 9.82 Å². The molecule has 102 valence electrons. The zero-order valence-electron chi connectivity index (χ0n) is 10.2. The highest BCUT2D eigenvalue weighted by molar-refractivity contribution is 7.90. The molecule has 0 saturated carbocycles. The van der Waals surface area contributed by atoms with Crippen molar-refractivity contribution in [2.24, 2.45) is 0 Å². The number of carboxylic acids is 1. The molecule has 0 unspecified atom stereocenters. The van der Waals surface area contributed by atoms with Gasteiger partial charge < -0.3 is 5.11 Å². The van der Waals surface area contributed by atoms with Crippen LogP contribution in [0.2, 0.25) is 0 Å². The van der Waals surface area contributed by atoms with E-state index in [1.807, 2.05) is 6.92 Å². The van der Waals surface area contributed by atoms with Crippen molar-refractivity contribution in [3.63, 3.8) is 0 Å². The van der Waals surface area contributed by atoms with Gasteiger partial charge in [0.2, 0.25) is 0 Å². The van der Waals surface area contributed by atoms with Crippen molar-refractivity contribution >= 4 is 22.0 Å². The number of aromatic amines is 1. The van der Waals surface area contributed by atoms with Crippen LogP contribution < -0.4 is 4.72 Å². The molecule has 0 radical (unpaired) electrons. The Morgan fingerprint density at radius 1 is 1.61 bits per heavy atom. The molecule has 0 spiro atoms. The van der Waals surface area contributed by atoms with Crippen LogP contribution >= 0.6 is 0 Å². The number of aromatic carboxylic acids is 1. The fourth-order valence-corrected chi connectivity index (χ4v) is 2.09. The van der Waals surface area contributed by atoms with Crippen LogP contribution in [0.25, 0.3) is 0 Å². The van der Waals surface area contributed by atoms with E-state index >= 15 is 0 Å². The monoisotopic (exact) mass is 276 g/mol. The van der Waals surface area contributed by atoms with Crippen LogP contribution in [-0.2, 0) is 10.2 Å². The van der Waals surface area contributed by atoms with Crippen molar-refractivity contribution in [2.45, 2.75) is 19.8 Å². The molecule has 0 aliphatic carbocycles. The van der Waals surface area contributed by atoms with Crippen molar-refractivity contribution in [3.8, 4) is 0 Å². The van der Waals surface area contributed by atoms with Crippen LogP contribution in [0.4, 0.5) is 5.82 Å². The SMILES string of the molecule is CCCCN(C)S(=O)(=O)Nc1cc(C(=O)O)[nH]n1. The van der Waals surface area contributed by atoms with Crippen LogP contribution in [-0.4, -0.2) is 47.6 Å². The number of hydrogen-bond acceptors (Lipinski definition) is 4. The number of nitrogens with zero attached hydrogens (tertiary/aromatic N) is 2. The second-order valence-electron chi connectivity index (χ2n) is 3.75. The Morgan fingerprint density at radius 3 is 2.78 bits per heavy atom. The summed E-state index contributed by atoms with van der Waals surface area (Å²) >= 11 is 0. The highest BCUT2D eigenvalue weighted by atomic mass is 32.2. The summed E-state index contributed by atoms with van der Waals surface area (Å²) in [7, 11) is -2.24. The second kappa shape index (κ2) is 5.83. The van der Waals surface area contributed by atoms with Crippen LogP contribution in [0, 0.1) is 0 Å². The highest BCUT2D eigenvalue weighted by Crippen LogP contribution is 2.09. The average molecular weight is 276 g/mol. The smallest absolute Gasteiger partial charge is 0.353 e. The Hall–Kier alpha value is -1.61. The zero-order chi connectivity index (χ0) is 13.8. The molecule has 0 fully saturated rings. The lowest BCUT2D eigenvalue weighted by atomic mass is 10.3. The van der Waals surface area contributed by atoms with Gasteiger partial charge in [-0.15, -0.1) is 0 Å². The minimum atomic E-state index is -3.69. The average Bonchev–Trinajstić information content (AvgIpc) is 2.73. The second-order valence-corrected chi connectivity index (χ2v) is 5.53. The zero-order valence-corrected chi connectivity index (χ0v) is 11.0. The third-order valence-electron chi connectivity index (χ3n) is 2.28. The summed E-state index contributed by atoms with van der Waals surface area (Å²) < 4.78 is 26.9. The molecule has 0 aromatic carbocycles. The number of rotatable bonds is 7. The Morgan fingerprint density at radius 2 is 2.28 bits per heavy atom. The fraction of sp³-hybridized carbons (Fsp3) is 0.556. The molecule has 1 heterocycles. The molecule has 0 amide bonds. The van der Waals surface area contributed by atoms with Gasteiger partial charge in [-0.2, -0.15) is 17.8 Å². The van der Waals surface area contributed by atoms with E-state index in [2.05, 4.69) is 14.9 Å². The van der Waals surface area contributed by atoms with E-state index in [1.54, 1.807) is 0 Å². The van der Waals surface area contributed by atoms with Crippen LogP contribution in [0.5, 0.6) is 0 Å². The predicted molar refractivity (Wildman–Crippen MR) is 65.6 cm³/mol. The largest absolute Gasteiger partial charge is 0.477 e.